The van der Waals surface area contributed by atoms with Crippen LogP contribution in [0, 0.1) is 5.41 Å². The molecule has 3 aromatic carbocycles. The van der Waals surface area contributed by atoms with Crippen LogP contribution in [0.1, 0.15) is 66.5 Å². The molecule has 0 aromatic heterocycles. The highest BCUT2D eigenvalue weighted by Gasteiger charge is 2.26. The molecule has 0 saturated heterocycles. The summed E-state index contributed by atoms with van der Waals surface area (Å²) in [5.74, 6) is 0.873. The molecule has 1 aliphatic carbocycles. The Bertz CT molecular complexity index is 1310. The van der Waals surface area contributed by atoms with Crippen LogP contribution in [0.15, 0.2) is 60.7 Å². The molecular formula is C33H39NO5. The molecule has 0 unspecified atom stereocenters. The van der Waals surface area contributed by atoms with Gasteiger partial charge in [0.05, 0.1) is 18.9 Å². The number of esters is 1. The van der Waals surface area contributed by atoms with Crippen LogP contribution >= 0.6 is 0 Å². The predicted octanol–water partition coefficient (Wildman–Crippen LogP) is 5.88. The number of hydrogen-bond donors (Lipinski definition) is 2. The summed E-state index contributed by atoms with van der Waals surface area (Å²) >= 11 is 0. The van der Waals surface area contributed by atoms with Crippen LogP contribution in [-0.4, -0.2) is 30.7 Å². The monoisotopic (exact) mass is 529 g/mol. The molecule has 0 bridgehead atoms. The molecule has 3 aromatic rings. The van der Waals surface area contributed by atoms with Gasteiger partial charge in [-0.2, -0.15) is 0 Å². The summed E-state index contributed by atoms with van der Waals surface area (Å²) in [7, 11) is 1.70. The zero-order valence-electron chi connectivity index (χ0n) is 23.4. The second-order valence-electron chi connectivity index (χ2n) is 11.4. The molecule has 0 fully saturated rings. The van der Waals surface area contributed by atoms with Gasteiger partial charge in [-0.15, -0.1) is 0 Å². The van der Waals surface area contributed by atoms with Crippen LogP contribution in [0.3, 0.4) is 0 Å². The van der Waals surface area contributed by atoms with Gasteiger partial charge < -0.3 is 19.9 Å². The fourth-order valence-corrected chi connectivity index (χ4v) is 5.05. The molecule has 6 nitrogen and oxygen atoms in total. The van der Waals surface area contributed by atoms with E-state index in [1.165, 1.54) is 22.3 Å². The van der Waals surface area contributed by atoms with Gasteiger partial charge in [-0.25, -0.2) is 0 Å². The smallest absolute Gasteiger partial charge is 0.316 e. The highest BCUT2D eigenvalue weighted by Crippen LogP contribution is 2.37. The number of methoxy groups -OCH3 is 1. The maximum absolute atomic E-state index is 12.3. The van der Waals surface area contributed by atoms with Crippen LogP contribution in [-0.2, 0) is 41.8 Å². The average molecular weight is 530 g/mol. The number of benzene rings is 3. The molecule has 1 aliphatic rings. The number of nitrogens with one attached hydrogen (secondary N) is 1. The van der Waals surface area contributed by atoms with Crippen molar-refractivity contribution in [1.82, 2.24) is 5.32 Å². The van der Waals surface area contributed by atoms with E-state index in [0.29, 0.717) is 11.7 Å². The van der Waals surface area contributed by atoms with Crippen LogP contribution in [0.2, 0.25) is 0 Å². The SMILES string of the molecule is COc1ccc([C@@H]2CCc3cc(OC(=O)C(C)(C)C)ccc3C2)c(CCNCc2ccc(CC(=O)O)cc2)c1. The first kappa shape index (κ1) is 28.4. The summed E-state index contributed by atoms with van der Waals surface area (Å²) in [6, 6.07) is 20.2. The fourth-order valence-electron chi connectivity index (χ4n) is 5.05. The number of rotatable bonds is 10. The highest BCUT2D eigenvalue weighted by molar-refractivity contribution is 5.78. The number of ether oxygens (including phenoxy) is 2. The van der Waals surface area contributed by atoms with Gasteiger partial charge in [0.15, 0.2) is 0 Å². The molecule has 39 heavy (non-hydrogen) atoms. The molecular weight excluding hydrogens is 490 g/mol. The Balaban J connectivity index is 1.39. The summed E-state index contributed by atoms with van der Waals surface area (Å²) < 4.78 is 11.2. The Kier molecular flexibility index (Phi) is 9.08. The summed E-state index contributed by atoms with van der Waals surface area (Å²) in [6.45, 7) is 7.14. The quantitative estimate of drug-likeness (QED) is 0.194. The van der Waals surface area contributed by atoms with Gasteiger partial charge in [-0.3, -0.25) is 9.59 Å². The van der Waals surface area contributed by atoms with Crippen LogP contribution < -0.4 is 14.8 Å². The lowest BCUT2D eigenvalue weighted by Crippen LogP contribution is -2.25. The minimum Gasteiger partial charge on any atom is -0.497 e. The Labute approximate surface area is 231 Å². The molecule has 206 valence electrons. The van der Waals surface area contributed by atoms with E-state index in [9.17, 15) is 9.59 Å². The standard InChI is InChI=1S/C33H39NO5/c1-33(2,3)32(37)39-29-12-11-24-18-26(10-9-25(24)19-29)30-14-13-28(38-4)20-27(30)15-16-34-21-23-7-5-22(6-8-23)17-31(35)36/h5-8,11-14,19-20,26,34H,9-10,15-18,21H2,1-4H3,(H,35,36)/t26-/m1/s1. The second kappa shape index (κ2) is 12.5. The number of hydrogen-bond acceptors (Lipinski definition) is 5. The van der Waals surface area contributed by atoms with Gasteiger partial charge in [0.1, 0.15) is 11.5 Å². The highest BCUT2D eigenvalue weighted by atomic mass is 16.5. The summed E-state index contributed by atoms with van der Waals surface area (Å²) in [4.78, 5) is 23.2. The van der Waals surface area contributed by atoms with E-state index in [-0.39, 0.29) is 12.4 Å². The Morgan fingerprint density at radius 2 is 1.67 bits per heavy atom. The normalized spacial score (nSPS) is 14.9. The Morgan fingerprint density at radius 3 is 2.36 bits per heavy atom. The maximum Gasteiger partial charge on any atom is 0.316 e. The maximum atomic E-state index is 12.3. The fraction of sp³-hybridized carbons (Fsp3) is 0.394. The largest absolute Gasteiger partial charge is 0.497 e. The first-order valence-corrected chi connectivity index (χ1v) is 13.6. The molecule has 0 heterocycles. The third-order valence-corrected chi connectivity index (χ3v) is 7.30. The number of carbonyl (C=O) groups is 2. The topological polar surface area (TPSA) is 84.9 Å². The van der Waals surface area contributed by atoms with Gasteiger partial charge in [0.25, 0.3) is 0 Å². The van der Waals surface area contributed by atoms with Crippen LogP contribution in [0.5, 0.6) is 11.5 Å². The second-order valence-corrected chi connectivity index (χ2v) is 11.4. The lowest BCUT2D eigenvalue weighted by Gasteiger charge is -2.27. The van der Waals surface area contributed by atoms with Crippen molar-refractivity contribution in [3.63, 3.8) is 0 Å². The lowest BCUT2D eigenvalue weighted by molar-refractivity contribution is -0.143. The number of aliphatic carboxylic acids is 1. The summed E-state index contributed by atoms with van der Waals surface area (Å²) in [5.41, 5.74) is 6.64. The van der Waals surface area contributed by atoms with E-state index in [4.69, 9.17) is 14.6 Å². The zero-order valence-corrected chi connectivity index (χ0v) is 23.4. The first-order chi connectivity index (χ1) is 18.6. The van der Waals surface area contributed by atoms with Gasteiger partial charge in [0, 0.05) is 6.54 Å². The molecule has 0 aliphatic heterocycles. The van der Waals surface area contributed by atoms with Gasteiger partial charge in [-0.1, -0.05) is 36.4 Å². The van der Waals surface area contributed by atoms with Gasteiger partial charge >= 0.3 is 11.9 Å². The Morgan fingerprint density at radius 1 is 0.949 bits per heavy atom. The third kappa shape index (κ3) is 7.70. The van der Waals surface area contributed by atoms with Crippen molar-refractivity contribution >= 4 is 11.9 Å². The zero-order chi connectivity index (χ0) is 28.0. The molecule has 0 spiro atoms. The van der Waals surface area contributed by atoms with Crippen molar-refractivity contribution in [3.05, 3.63) is 94.0 Å². The van der Waals surface area contributed by atoms with Crippen LogP contribution in [0.4, 0.5) is 0 Å². The van der Waals surface area contributed by atoms with E-state index in [1.54, 1.807) is 7.11 Å². The molecule has 1 atom stereocenters. The van der Waals surface area contributed by atoms with Crippen molar-refractivity contribution < 1.29 is 24.2 Å². The Hall–Kier alpha value is -3.64. The van der Waals surface area contributed by atoms with Crippen molar-refractivity contribution in [3.8, 4) is 11.5 Å². The van der Waals surface area contributed by atoms with Crippen molar-refractivity contribution in [2.75, 3.05) is 13.7 Å². The summed E-state index contributed by atoms with van der Waals surface area (Å²) in [5, 5.41) is 12.5. The van der Waals surface area contributed by atoms with Crippen LogP contribution in [0.25, 0.3) is 0 Å². The van der Waals surface area contributed by atoms with E-state index in [1.807, 2.05) is 57.2 Å². The lowest BCUT2D eigenvalue weighted by atomic mass is 9.78. The molecule has 0 radical (unpaired) electrons. The molecule has 0 amide bonds. The number of carboxylic acid groups (broad SMARTS) is 1. The van der Waals surface area contributed by atoms with E-state index >= 15 is 0 Å². The van der Waals surface area contributed by atoms with Crippen molar-refractivity contribution in [2.24, 2.45) is 5.41 Å². The van der Waals surface area contributed by atoms with E-state index < -0.39 is 11.4 Å². The number of aryl methyl sites for hydroxylation is 1. The average Bonchev–Trinajstić information content (AvgIpc) is 2.90. The van der Waals surface area contributed by atoms with E-state index in [2.05, 4.69) is 29.6 Å². The van der Waals surface area contributed by atoms with Gasteiger partial charge in [0.2, 0.25) is 0 Å². The molecule has 4 rings (SSSR count). The first-order valence-electron chi connectivity index (χ1n) is 13.6. The number of carbonyl (C=O) groups excluding carboxylic acids is 1. The van der Waals surface area contributed by atoms with Crippen molar-refractivity contribution in [1.29, 1.82) is 0 Å². The van der Waals surface area contributed by atoms with Crippen molar-refractivity contribution in [2.45, 2.75) is 65.3 Å². The van der Waals surface area contributed by atoms with E-state index in [0.717, 1.165) is 55.6 Å². The summed E-state index contributed by atoms with van der Waals surface area (Å²) in [6.07, 6.45) is 3.87. The number of carboxylic acids is 1. The van der Waals surface area contributed by atoms with Gasteiger partial charge in [-0.05, 0) is 117 Å². The minimum absolute atomic E-state index is 0.0454. The number of fused-ring (bicyclic) bond motifs is 1. The minimum atomic E-state index is -0.817. The molecule has 2 N–H and O–H groups in total. The predicted molar refractivity (Wildman–Crippen MR) is 152 cm³/mol. The molecule has 0 saturated carbocycles. The molecule has 6 heteroatoms. The third-order valence-electron chi connectivity index (χ3n) is 7.30.